The Morgan fingerprint density at radius 3 is 2.87 bits per heavy atom. The minimum Gasteiger partial charge on any atom is -1.00 e. The molecule has 1 aromatic heterocycles. The van der Waals surface area contributed by atoms with Crippen LogP contribution >= 0.6 is 0 Å². The van der Waals surface area contributed by atoms with Gasteiger partial charge in [0.25, 0.3) is 5.82 Å². The van der Waals surface area contributed by atoms with E-state index in [1.165, 1.54) is 31.5 Å². The molecule has 15 heavy (non-hydrogen) atoms. The van der Waals surface area contributed by atoms with Gasteiger partial charge in [0.1, 0.15) is 18.9 Å². The largest absolute Gasteiger partial charge is 1.00 e. The van der Waals surface area contributed by atoms with E-state index in [0.29, 0.717) is 0 Å². The SMILES string of the molecule is C=CC[n+]1cc[nH]c1CCCCCC.[Cl-]. The molecule has 2 nitrogen and oxygen atoms in total. The predicted molar refractivity (Wildman–Crippen MR) is 59.0 cm³/mol. The van der Waals surface area contributed by atoms with Gasteiger partial charge in [0.2, 0.25) is 0 Å². The summed E-state index contributed by atoms with van der Waals surface area (Å²) >= 11 is 0. The first kappa shape index (κ1) is 14.2. The van der Waals surface area contributed by atoms with Crippen molar-refractivity contribution in [2.45, 2.75) is 45.6 Å². The topological polar surface area (TPSA) is 19.7 Å². The van der Waals surface area contributed by atoms with Gasteiger partial charge in [-0.25, -0.2) is 9.55 Å². The van der Waals surface area contributed by atoms with Crippen LogP contribution in [0.4, 0.5) is 0 Å². The third kappa shape index (κ3) is 5.03. The number of nitrogens with zero attached hydrogens (tertiary/aromatic N) is 1. The number of halogens is 1. The standard InChI is InChI=1S/C12H20N2.ClH/c1-3-5-6-7-8-12-13-9-11-14(12)10-4-2;/h4,9,11H,2-3,5-8,10H2,1H3;1H. The molecular formula is C12H21ClN2. The Hall–Kier alpha value is -0.760. The quantitative estimate of drug-likeness (QED) is 0.373. The lowest BCUT2D eigenvalue weighted by molar-refractivity contribution is -0.693. The molecule has 0 aromatic carbocycles. The van der Waals surface area contributed by atoms with Gasteiger partial charge in [-0.2, -0.15) is 0 Å². The molecule has 0 saturated carbocycles. The van der Waals surface area contributed by atoms with E-state index in [4.69, 9.17) is 0 Å². The Kier molecular flexibility index (Phi) is 8.11. The molecule has 0 fully saturated rings. The van der Waals surface area contributed by atoms with Gasteiger partial charge in [-0.3, -0.25) is 0 Å². The maximum atomic E-state index is 3.75. The van der Waals surface area contributed by atoms with E-state index in [1.54, 1.807) is 0 Å². The first-order chi connectivity index (χ1) is 6.88. The number of unbranched alkanes of at least 4 members (excludes halogenated alkanes) is 3. The second-order valence-corrected chi connectivity index (χ2v) is 3.66. The van der Waals surface area contributed by atoms with Crippen molar-refractivity contribution in [2.75, 3.05) is 0 Å². The molecule has 1 rings (SSSR count). The van der Waals surface area contributed by atoms with Gasteiger partial charge >= 0.3 is 0 Å². The summed E-state index contributed by atoms with van der Waals surface area (Å²) in [6.07, 6.45) is 12.4. The van der Waals surface area contributed by atoms with E-state index < -0.39 is 0 Å². The number of hydrogen-bond acceptors (Lipinski definition) is 0. The molecular weight excluding hydrogens is 208 g/mol. The molecule has 1 aromatic rings. The highest BCUT2D eigenvalue weighted by atomic mass is 35.5. The molecule has 0 atom stereocenters. The smallest absolute Gasteiger partial charge is 0.254 e. The van der Waals surface area contributed by atoms with Gasteiger partial charge in [0.05, 0.1) is 0 Å². The summed E-state index contributed by atoms with van der Waals surface area (Å²) in [5.41, 5.74) is 0. The highest BCUT2D eigenvalue weighted by Crippen LogP contribution is 2.02. The summed E-state index contributed by atoms with van der Waals surface area (Å²) in [7, 11) is 0. The van der Waals surface area contributed by atoms with Crippen LogP contribution < -0.4 is 17.0 Å². The van der Waals surface area contributed by atoms with Crippen LogP contribution in [0.25, 0.3) is 0 Å². The lowest BCUT2D eigenvalue weighted by Crippen LogP contribution is -3.00. The summed E-state index contributed by atoms with van der Waals surface area (Å²) in [5.74, 6) is 1.32. The molecule has 86 valence electrons. The highest BCUT2D eigenvalue weighted by Gasteiger charge is 2.07. The molecule has 0 saturated heterocycles. The van der Waals surface area contributed by atoms with Gasteiger partial charge in [-0.15, -0.1) is 0 Å². The molecule has 1 N–H and O–H groups in total. The van der Waals surface area contributed by atoms with Crippen LogP contribution in [-0.4, -0.2) is 4.98 Å². The van der Waals surface area contributed by atoms with Gasteiger partial charge in [0, 0.05) is 6.42 Å². The lowest BCUT2D eigenvalue weighted by Gasteiger charge is -1.97. The van der Waals surface area contributed by atoms with Crippen molar-refractivity contribution in [3.63, 3.8) is 0 Å². The number of aryl methyl sites for hydroxylation is 1. The second kappa shape index (κ2) is 8.54. The summed E-state index contributed by atoms with van der Waals surface area (Å²) in [5, 5.41) is 0. The molecule has 0 amide bonds. The monoisotopic (exact) mass is 228 g/mol. The van der Waals surface area contributed by atoms with Gasteiger partial charge in [0.15, 0.2) is 0 Å². The third-order valence-electron chi connectivity index (χ3n) is 2.44. The van der Waals surface area contributed by atoms with Gasteiger partial charge in [-0.1, -0.05) is 38.8 Å². The zero-order valence-corrected chi connectivity index (χ0v) is 10.3. The van der Waals surface area contributed by atoms with Crippen LogP contribution in [0.1, 0.15) is 38.4 Å². The summed E-state index contributed by atoms with van der Waals surface area (Å²) in [4.78, 5) is 3.28. The molecule has 3 heteroatoms. The van der Waals surface area contributed by atoms with Crippen molar-refractivity contribution >= 4 is 0 Å². The van der Waals surface area contributed by atoms with Crippen molar-refractivity contribution in [3.8, 4) is 0 Å². The molecule has 0 unspecified atom stereocenters. The maximum Gasteiger partial charge on any atom is 0.254 e. The van der Waals surface area contributed by atoms with E-state index >= 15 is 0 Å². The van der Waals surface area contributed by atoms with Crippen LogP contribution in [0.2, 0.25) is 0 Å². The fraction of sp³-hybridized carbons (Fsp3) is 0.583. The van der Waals surface area contributed by atoms with E-state index in [9.17, 15) is 0 Å². The van der Waals surface area contributed by atoms with Crippen molar-refractivity contribution in [1.29, 1.82) is 0 Å². The number of imidazole rings is 1. The van der Waals surface area contributed by atoms with Crippen molar-refractivity contribution in [3.05, 3.63) is 30.9 Å². The van der Waals surface area contributed by atoms with E-state index in [0.717, 1.165) is 13.0 Å². The molecule has 0 aliphatic rings. The minimum absolute atomic E-state index is 0. The summed E-state index contributed by atoms with van der Waals surface area (Å²) in [6.45, 7) is 6.90. The fourth-order valence-corrected chi connectivity index (χ4v) is 1.64. The van der Waals surface area contributed by atoms with E-state index in [-0.39, 0.29) is 12.4 Å². The van der Waals surface area contributed by atoms with E-state index in [1.807, 2.05) is 12.3 Å². The van der Waals surface area contributed by atoms with Crippen LogP contribution in [0.5, 0.6) is 0 Å². The normalized spacial score (nSPS) is 9.67. The zero-order valence-electron chi connectivity index (χ0n) is 9.51. The molecule has 1 heterocycles. The number of H-pyrrole nitrogens is 1. The Bertz CT molecular complexity index is 268. The van der Waals surface area contributed by atoms with Crippen LogP contribution in [0.15, 0.2) is 25.0 Å². The third-order valence-corrected chi connectivity index (χ3v) is 2.44. The van der Waals surface area contributed by atoms with Crippen LogP contribution in [0.3, 0.4) is 0 Å². The Morgan fingerprint density at radius 1 is 1.40 bits per heavy atom. The first-order valence-electron chi connectivity index (χ1n) is 5.55. The Balaban J connectivity index is 0.00000196. The van der Waals surface area contributed by atoms with E-state index in [2.05, 4.69) is 29.3 Å². The summed E-state index contributed by atoms with van der Waals surface area (Å²) in [6, 6.07) is 0. The van der Waals surface area contributed by atoms with Crippen molar-refractivity contribution < 1.29 is 17.0 Å². The average Bonchev–Trinajstić information content (AvgIpc) is 2.61. The second-order valence-electron chi connectivity index (χ2n) is 3.66. The van der Waals surface area contributed by atoms with Crippen LogP contribution in [0, 0.1) is 0 Å². The van der Waals surface area contributed by atoms with Crippen LogP contribution in [-0.2, 0) is 13.0 Å². The number of allylic oxidation sites excluding steroid dienone is 1. The molecule has 0 spiro atoms. The van der Waals surface area contributed by atoms with Crippen molar-refractivity contribution in [1.82, 2.24) is 4.98 Å². The first-order valence-corrected chi connectivity index (χ1v) is 5.55. The molecule has 0 bridgehead atoms. The molecule has 0 radical (unpaired) electrons. The lowest BCUT2D eigenvalue weighted by atomic mass is 10.1. The Labute approximate surface area is 98.8 Å². The number of hydrogen-bond donors (Lipinski definition) is 1. The van der Waals surface area contributed by atoms with Crippen molar-refractivity contribution in [2.24, 2.45) is 0 Å². The maximum absolute atomic E-state index is 3.75. The highest BCUT2D eigenvalue weighted by molar-refractivity contribution is 4.78. The van der Waals surface area contributed by atoms with Gasteiger partial charge < -0.3 is 12.4 Å². The molecule has 0 aliphatic heterocycles. The average molecular weight is 229 g/mol. The van der Waals surface area contributed by atoms with Gasteiger partial charge in [-0.05, 0) is 6.42 Å². The molecule has 0 aliphatic carbocycles. The Morgan fingerprint density at radius 2 is 2.20 bits per heavy atom. The number of aromatic nitrogens is 2. The zero-order chi connectivity index (χ0) is 10.2. The predicted octanol–water partition coefficient (Wildman–Crippen LogP) is -0.385. The fourth-order valence-electron chi connectivity index (χ4n) is 1.64. The minimum atomic E-state index is 0. The number of aromatic amines is 1. The number of rotatable bonds is 7. The number of nitrogens with one attached hydrogen (secondary N) is 1. The summed E-state index contributed by atoms with van der Waals surface area (Å²) < 4.78 is 2.22.